The molecule has 0 spiro atoms. The Morgan fingerprint density at radius 1 is 1.25 bits per heavy atom. The van der Waals surface area contributed by atoms with Gasteiger partial charge in [0.15, 0.2) is 0 Å². The maximum Gasteiger partial charge on any atom is 0.262 e. The van der Waals surface area contributed by atoms with E-state index in [0.717, 1.165) is 0 Å². The lowest BCUT2D eigenvalue weighted by Crippen LogP contribution is -1.86. The van der Waals surface area contributed by atoms with E-state index in [1.807, 2.05) is 0 Å². The Hall–Kier alpha value is -1.98. The van der Waals surface area contributed by atoms with Crippen LogP contribution in [0.25, 0.3) is 11.5 Å². The molecule has 0 fully saturated rings. The van der Waals surface area contributed by atoms with Crippen LogP contribution in [0.5, 0.6) is 0 Å². The topological polar surface area (TPSA) is 90.7 Å². The first kappa shape index (κ1) is 6.71. The van der Waals surface area contributed by atoms with E-state index < -0.39 is 0 Å². The second-order valence-electron chi connectivity index (χ2n) is 2.08. The van der Waals surface area contributed by atoms with Crippen molar-refractivity contribution >= 4 is 5.95 Å². The van der Waals surface area contributed by atoms with Gasteiger partial charge in [0.05, 0.1) is 5.56 Å². The maximum absolute atomic E-state index is 5.26. The fourth-order valence-electron chi connectivity index (χ4n) is 0.762. The number of hydrogen-bond donors (Lipinski definition) is 1. The lowest BCUT2D eigenvalue weighted by atomic mass is 10.3. The van der Waals surface area contributed by atoms with Gasteiger partial charge in [-0.05, 0) is 5.16 Å². The van der Waals surface area contributed by atoms with Gasteiger partial charge in [-0.3, -0.25) is 0 Å². The molecule has 0 aliphatic heterocycles. The highest BCUT2D eigenvalue weighted by molar-refractivity contribution is 5.50. The van der Waals surface area contributed by atoms with Crippen molar-refractivity contribution in [1.29, 1.82) is 0 Å². The lowest BCUT2D eigenvalue weighted by Gasteiger charge is -1.88. The van der Waals surface area contributed by atoms with Gasteiger partial charge in [0, 0.05) is 12.4 Å². The molecule has 0 radical (unpaired) electrons. The van der Waals surface area contributed by atoms with Crippen molar-refractivity contribution in [3.8, 4) is 11.5 Å². The molecular weight excluding hydrogens is 158 g/mol. The summed E-state index contributed by atoms with van der Waals surface area (Å²) in [5.74, 6) is 0.432. The molecule has 2 N–H and O–H groups in total. The molecule has 6 heteroatoms. The average Bonchev–Trinajstić information content (AvgIpc) is 2.54. The van der Waals surface area contributed by atoms with Gasteiger partial charge in [-0.25, -0.2) is 9.97 Å². The minimum absolute atomic E-state index is 0.105. The molecule has 2 aromatic rings. The maximum atomic E-state index is 5.26. The van der Waals surface area contributed by atoms with E-state index in [1.54, 1.807) is 12.4 Å². The molecule has 6 nitrogen and oxygen atoms in total. The van der Waals surface area contributed by atoms with E-state index >= 15 is 0 Å². The Morgan fingerprint density at radius 3 is 2.58 bits per heavy atom. The molecule has 0 amide bonds. The van der Waals surface area contributed by atoms with Crippen LogP contribution in [-0.2, 0) is 0 Å². The smallest absolute Gasteiger partial charge is 0.262 e. The summed E-state index contributed by atoms with van der Waals surface area (Å²) in [5.41, 5.74) is 5.91. The fourth-order valence-corrected chi connectivity index (χ4v) is 0.762. The Labute approximate surface area is 67.5 Å². The second kappa shape index (κ2) is 2.57. The molecule has 0 aliphatic carbocycles. The highest BCUT2D eigenvalue weighted by Crippen LogP contribution is 2.13. The molecule has 0 bridgehead atoms. The van der Waals surface area contributed by atoms with Gasteiger partial charge in [0.1, 0.15) is 6.33 Å². The normalized spacial score (nSPS) is 10.0. The van der Waals surface area contributed by atoms with Crippen LogP contribution in [0.4, 0.5) is 5.95 Å². The zero-order valence-electron chi connectivity index (χ0n) is 6.01. The van der Waals surface area contributed by atoms with Crippen molar-refractivity contribution < 1.29 is 4.52 Å². The fraction of sp³-hybridized carbons (Fsp3) is 0. The van der Waals surface area contributed by atoms with Crippen molar-refractivity contribution in [3.63, 3.8) is 0 Å². The Balaban J connectivity index is 2.45. The third-order valence-corrected chi connectivity index (χ3v) is 1.25. The molecule has 0 aromatic carbocycles. The first-order valence-electron chi connectivity index (χ1n) is 3.21. The minimum Gasteiger partial charge on any atom is -0.365 e. The van der Waals surface area contributed by atoms with E-state index in [4.69, 9.17) is 10.3 Å². The Bertz CT molecular complexity index is 370. The summed E-state index contributed by atoms with van der Waals surface area (Å²) in [6.45, 7) is 0. The second-order valence-corrected chi connectivity index (χ2v) is 2.08. The summed E-state index contributed by atoms with van der Waals surface area (Å²) in [7, 11) is 0. The van der Waals surface area contributed by atoms with Gasteiger partial charge in [-0.15, -0.1) is 0 Å². The number of aromatic nitrogens is 4. The largest absolute Gasteiger partial charge is 0.365 e. The number of hydrogen-bond acceptors (Lipinski definition) is 6. The number of nitrogens with two attached hydrogens (primary N) is 1. The molecule has 2 rings (SSSR count). The molecule has 2 aromatic heterocycles. The Kier molecular flexibility index (Phi) is 1.44. The summed E-state index contributed by atoms with van der Waals surface area (Å²) >= 11 is 0. The third kappa shape index (κ3) is 1.09. The standard InChI is InChI=1S/C6H5N5O/c7-6-10-5(12-11-6)4-1-8-3-9-2-4/h1-3H,(H2,7,11). The molecule has 0 atom stereocenters. The quantitative estimate of drug-likeness (QED) is 0.641. The molecule has 0 saturated carbocycles. The average molecular weight is 163 g/mol. The first-order valence-corrected chi connectivity index (χ1v) is 3.21. The number of nitrogen functional groups attached to an aromatic ring is 1. The third-order valence-electron chi connectivity index (χ3n) is 1.25. The predicted molar refractivity (Wildman–Crippen MR) is 39.7 cm³/mol. The van der Waals surface area contributed by atoms with E-state index in [0.29, 0.717) is 11.5 Å². The van der Waals surface area contributed by atoms with Crippen LogP contribution in [0, 0.1) is 0 Å². The van der Waals surface area contributed by atoms with Crippen LogP contribution in [0.2, 0.25) is 0 Å². The van der Waals surface area contributed by atoms with Crippen LogP contribution < -0.4 is 5.73 Å². The number of anilines is 1. The number of nitrogens with zero attached hydrogens (tertiary/aromatic N) is 4. The van der Waals surface area contributed by atoms with Crippen molar-refractivity contribution in [2.75, 3.05) is 5.73 Å². The summed E-state index contributed by atoms with van der Waals surface area (Å²) < 4.78 is 4.78. The van der Waals surface area contributed by atoms with Crippen LogP contribution in [0.3, 0.4) is 0 Å². The van der Waals surface area contributed by atoms with Crippen LogP contribution >= 0.6 is 0 Å². The minimum atomic E-state index is 0.105. The van der Waals surface area contributed by atoms with Crippen molar-refractivity contribution in [3.05, 3.63) is 18.7 Å². The van der Waals surface area contributed by atoms with Gasteiger partial charge in [0.25, 0.3) is 11.8 Å². The summed E-state index contributed by atoms with van der Waals surface area (Å²) in [4.78, 5) is 11.4. The van der Waals surface area contributed by atoms with Gasteiger partial charge in [-0.1, -0.05) is 0 Å². The molecule has 60 valence electrons. The monoisotopic (exact) mass is 163 g/mol. The van der Waals surface area contributed by atoms with E-state index in [2.05, 4.69) is 20.1 Å². The highest BCUT2D eigenvalue weighted by atomic mass is 16.5. The molecule has 0 saturated heterocycles. The summed E-state index contributed by atoms with van der Waals surface area (Å²) in [6.07, 6.45) is 4.56. The van der Waals surface area contributed by atoms with Gasteiger partial charge in [0.2, 0.25) is 0 Å². The first-order chi connectivity index (χ1) is 5.86. The Morgan fingerprint density at radius 2 is 2.00 bits per heavy atom. The highest BCUT2D eigenvalue weighted by Gasteiger charge is 2.05. The lowest BCUT2D eigenvalue weighted by molar-refractivity contribution is 0.432. The molecule has 0 unspecified atom stereocenters. The molecular formula is C6H5N5O. The summed E-state index contributed by atoms with van der Waals surface area (Å²) in [5, 5.41) is 3.43. The number of rotatable bonds is 1. The van der Waals surface area contributed by atoms with Gasteiger partial charge in [-0.2, -0.15) is 4.98 Å². The SMILES string of the molecule is Nc1noc(-c2cncnc2)n1. The zero-order chi connectivity index (χ0) is 8.39. The van der Waals surface area contributed by atoms with Gasteiger partial charge >= 0.3 is 0 Å². The van der Waals surface area contributed by atoms with Gasteiger partial charge < -0.3 is 10.3 Å². The predicted octanol–water partition coefficient (Wildman–Crippen LogP) is 0.109. The molecule has 12 heavy (non-hydrogen) atoms. The molecule has 2 heterocycles. The van der Waals surface area contributed by atoms with Crippen LogP contribution in [0.1, 0.15) is 0 Å². The molecule has 0 aliphatic rings. The van der Waals surface area contributed by atoms with E-state index in [1.165, 1.54) is 6.33 Å². The van der Waals surface area contributed by atoms with Crippen molar-refractivity contribution in [1.82, 2.24) is 20.1 Å². The van der Waals surface area contributed by atoms with Crippen molar-refractivity contribution in [2.45, 2.75) is 0 Å². The van der Waals surface area contributed by atoms with Crippen LogP contribution in [-0.4, -0.2) is 20.1 Å². The zero-order valence-corrected chi connectivity index (χ0v) is 6.01. The van der Waals surface area contributed by atoms with E-state index in [9.17, 15) is 0 Å². The van der Waals surface area contributed by atoms with Crippen LogP contribution in [0.15, 0.2) is 23.2 Å². The summed E-state index contributed by atoms with van der Waals surface area (Å²) in [6, 6.07) is 0. The van der Waals surface area contributed by atoms with Crippen molar-refractivity contribution in [2.24, 2.45) is 0 Å². The van der Waals surface area contributed by atoms with E-state index in [-0.39, 0.29) is 5.95 Å².